The van der Waals surface area contributed by atoms with Crippen LogP contribution in [0.15, 0.2) is 4.42 Å². The van der Waals surface area contributed by atoms with Gasteiger partial charge in [-0.2, -0.15) is 0 Å². The third-order valence-electron chi connectivity index (χ3n) is 3.98. The summed E-state index contributed by atoms with van der Waals surface area (Å²) < 4.78 is 5.50. The Balaban J connectivity index is 2.21. The van der Waals surface area contributed by atoms with Crippen LogP contribution in [0.1, 0.15) is 40.8 Å². The molecule has 4 nitrogen and oxygen atoms in total. The molecular weight excluding hydrogens is 230 g/mol. The quantitative estimate of drug-likeness (QED) is 0.831. The Kier molecular flexibility index (Phi) is 3.48. The molecule has 0 aliphatic carbocycles. The van der Waals surface area contributed by atoms with Crippen LogP contribution in [0, 0.1) is 26.7 Å². The van der Waals surface area contributed by atoms with Crippen LogP contribution in [-0.2, 0) is 0 Å². The number of nitrogens with zero attached hydrogens (tertiary/aromatic N) is 1. The van der Waals surface area contributed by atoms with Crippen LogP contribution in [0.3, 0.4) is 0 Å². The zero-order valence-corrected chi connectivity index (χ0v) is 11.5. The molecule has 18 heavy (non-hydrogen) atoms. The molecule has 1 saturated heterocycles. The van der Waals surface area contributed by atoms with Crippen molar-refractivity contribution in [1.29, 1.82) is 0 Å². The first-order chi connectivity index (χ1) is 8.41. The van der Waals surface area contributed by atoms with Crippen LogP contribution in [0.2, 0.25) is 0 Å². The monoisotopic (exact) mass is 251 g/mol. The molecule has 100 valence electrons. The summed E-state index contributed by atoms with van der Waals surface area (Å²) in [5.41, 5.74) is 1.57. The molecule has 1 aromatic heterocycles. The third-order valence-corrected chi connectivity index (χ3v) is 3.98. The van der Waals surface area contributed by atoms with E-state index in [1.807, 2.05) is 27.7 Å². The molecule has 1 aliphatic rings. The first-order valence-electron chi connectivity index (χ1n) is 6.45. The van der Waals surface area contributed by atoms with Gasteiger partial charge in [0, 0.05) is 18.7 Å². The lowest BCUT2D eigenvalue weighted by Crippen LogP contribution is -2.46. The van der Waals surface area contributed by atoms with Crippen molar-refractivity contribution in [2.75, 3.05) is 13.1 Å². The van der Waals surface area contributed by atoms with E-state index in [0.29, 0.717) is 24.4 Å². The van der Waals surface area contributed by atoms with Crippen LogP contribution in [-0.4, -0.2) is 35.1 Å². The fraction of sp³-hybridized carbons (Fsp3) is 0.643. The highest BCUT2D eigenvalue weighted by Crippen LogP contribution is 2.25. The maximum absolute atomic E-state index is 12.5. The molecule has 0 spiro atoms. The van der Waals surface area contributed by atoms with E-state index in [1.54, 1.807) is 4.90 Å². The second-order valence-corrected chi connectivity index (χ2v) is 5.30. The predicted octanol–water partition coefficient (Wildman–Crippen LogP) is 2.05. The zero-order chi connectivity index (χ0) is 13.4. The van der Waals surface area contributed by atoms with E-state index in [-0.39, 0.29) is 11.8 Å². The van der Waals surface area contributed by atoms with Gasteiger partial charge in [-0.05, 0) is 33.1 Å². The van der Waals surface area contributed by atoms with Gasteiger partial charge in [-0.3, -0.25) is 4.79 Å². The van der Waals surface area contributed by atoms with Gasteiger partial charge in [-0.25, -0.2) is 0 Å². The standard InChI is InChI=1S/C14H21NO3/c1-8-5-6-15(7-12(8)16)14(17)13-9(2)10(3)18-11(13)4/h8,12,16H,5-7H2,1-4H3. The molecule has 2 rings (SSSR count). The van der Waals surface area contributed by atoms with Crippen LogP contribution >= 0.6 is 0 Å². The van der Waals surface area contributed by atoms with E-state index < -0.39 is 6.10 Å². The number of rotatable bonds is 1. The van der Waals surface area contributed by atoms with Crippen molar-refractivity contribution < 1.29 is 14.3 Å². The number of aryl methyl sites for hydroxylation is 2. The smallest absolute Gasteiger partial charge is 0.257 e. The number of likely N-dealkylation sites (tertiary alicyclic amines) is 1. The summed E-state index contributed by atoms with van der Waals surface area (Å²) in [7, 11) is 0. The van der Waals surface area contributed by atoms with Crippen molar-refractivity contribution in [3.05, 3.63) is 22.6 Å². The average Bonchev–Trinajstić information content (AvgIpc) is 2.56. The molecule has 2 heterocycles. The fourth-order valence-corrected chi connectivity index (χ4v) is 2.50. The second kappa shape index (κ2) is 4.76. The number of amides is 1. The zero-order valence-electron chi connectivity index (χ0n) is 11.5. The predicted molar refractivity (Wildman–Crippen MR) is 68.6 cm³/mol. The SMILES string of the molecule is Cc1oc(C)c(C(=O)N2CCC(C)C(O)C2)c1C. The van der Waals surface area contributed by atoms with Crippen molar-refractivity contribution in [2.24, 2.45) is 5.92 Å². The molecule has 4 heteroatoms. The van der Waals surface area contributed by atoms with E-state index >= 15 is 0 Å². The molecule has 0 aromatic carbocycles. The normalized spacial score (nSPS) is 24.4. The van der Waals surface area contributed by atoms with Crippen LogP contribution in [0.4, 0.5) is 0 Å². The number of furan rings is 1. The molecule has 0 bridgehead atoms. The first-order valence-corrected chi connectivity index (χ1v) is 6.45. The van der Waals surface area contributed by atoms with Crippen molar-refractivity contribution in [2.45, 2.75) is 40.2 Å². The van der Waals surface area contributed by atoms with E-state index in [2.05, 4.69) is 0 Å². The highest BCUT2D eigenvalue weighted by Gasteiger charge is 2.30. The Bertz CT molecular complexity index is 464. The van der Waals surface area contributed by atoms with Gasteiger partial charge in [0.05, 0.1) is 11.7 Å². The van der Waals surface area contributed by atoms with Gasteiger partial charge in [0.1, 0.15) is 11.5 Å². The number of hydrogen-bond acceptors (Lipinski definition) is 3. The van der Waals surface area contributed by atoms with Crippen molar-refractivity contribution in [3.8, 4) is 0 Å². The summed E-state index contributed by atoms with van der Waals surface area (Å²) in [4.78, 5) is 14.2. The summed E-state index contributed by atoms with van der Waals surface area (Å²) in [5.74, 6) is 1.71. The third kappa shape index (κ3) is 2.17. The summed E-state index contributed by atoms with van der Waals surface area (Å²) in [6, 6.07) is 0. The lowest BCUT2D eigenvalue weighted by atomic mass is 9.95. The second-order valence-electron chi connectivity index (χ2n) is 5.30. The Morgan fingerprint density at radius 1 is 1.33 bits per heavy atom. The van der Waals surface area contributed by atoms with Gasteiger partial charge in [0.2, 0.25) is 0 Å². The minimum Gasteiger partial charge on any atom is -0.466 e. The Hall–Kier alpha value is -1.29. The molecule has 1 N–H and O–H groups in total. The lowest BCUT2D eigenvalue weighted by Gasteiger charge is -2.34. The molecule has 1 fully saturated rings. The molecule has 0 radical (unpaired) electrons. The lowest BCUT2D eigenvalue weighted by molar-refractivity contribution is 0.0247. The average molecular weight is 251 g/mol. The van der Waals surface area contributed by atoms with Crippen LogP contribution in [0.5, 0.6) is 0 Å². The topological polar surface area (TPSA) is 53.7 Å². The number of carbonyl (C=O) groups is 1. The van der Waals surface area contributed by atoms with Gasteiger partial charge in [0.25, 0.3) is 5.91 Å². The summed E-state index contributed by atoms with van der Waals surface area (Å²) in [5, 5.41) is 9.87. The van der Waals surface area contributed by atoms with E-state index in [0.717, 1.165) is 17.7 Å². The van der Waals surface area contributed by atoms with Crippen molar-refractivity contribution in [1.82, 2.24) is 4.90 Å². The van der Waals surface area contributed by atoms with Gasteiger partial charge in [0.15, 0.2) is 0 Å². The Morgan fingerprint density at radius 2 is 2.00 bits per heavy atom. The van der Waals surface area contributed by atoms with E-state index in [9.17, 15) is 9.90 Å². The molecule has 2 unspecified atom stereocenters. The maximum Gasteiger partial charge on any atom is 0.257 e. The van der Waals surface area contributed by atoms with Gasteiger partial charge in [-0.1, -0.05) is 6.92 Å². The minimum atomic E-state index is -0.420. The number of aliphatic hydroxyl groups excluding tert-OH is 1. The summed E-state index contributed by atoms with van der Waals surface area (Å²) in [6.07, 6.45) is 0.429. The van der Waals surface area contributed by atoms with E-state index in [4.69, 9.17) is 4.42 Å². The fourth-order valence-electron chi connectivity index (χ4n) is 2.50. The largest absolute Gasteiger partial charge is 0.466 e. The van der Waals surface area contributed by atoms with Gasteiger partial charge < -0.3 is 14.4 Å². The molecule has 1 amide bonds. The Morgan fingerprint density at radius 3 is 2.50 bits per heavy atom. The molecular formula is C14H21NO3. The highest BCUT2D eigenvalue weighted by atomic mass is 16.3. The maximum atomic E-state index is 12.5. The molecule has 0 saturated carbocycles. The summed E-state index contributed by atoms with van der Waals surface area (Å²) >= 11 is 0. The minimum absolute atomic E-state index is 0.0206. The van der Waals surface area contributed by atoms with Gasteiger partial charge >= 0.3 is 0 Å². The highest BCUT2D eigenvalue weighted by molar-refractivity contribution is 5.97. The first kappa shape index (κ1) is 13.1. The number of carbonyl (C=O) groups excluding carboxylic acids is 1. The van der Waals surface area contributed by atoms with Crippen LogP contribution in [0.25, 0.3) is 0 Å². The Labute approximate surface area is 108 Å². The summed E-state index contributed by atoms with van der Waals surface area (Å²) in [6.45, 7) is 8.73. The number of piperidine rings is 1. The van der Waals surface area contributed by atoms with Gasteiger partial charge in [-0.15, -0.1) is 0 Å². The number of aliphatic hydroxyl groups is 1. The number of hydrogen-bond donors (Lipinski definition) is 1. The molecule has 1 aromatic rings. The molecule has 2 atom stereocenters. The molecule has 1 aliphatic heterocycles. The number of β-amino-alcohol motifs (C(OH)–C–C–N with tert-alkyl or cyclic N) is 1. The van der Waals surface area contributed by atoms with Crippen molar-refractivity contribution in [3.63, 3.8) is 0 Å². The van der Waals surface area contributed by atoms with Crippen molar-refractivity contribution >= 4 is 5.91 Å². The van der Waals surface area contributed by atoms with Crippen LogP contribution < -0.4 is 0 Å². The van der Waals surface area contributed by atoms with E-state index in [1.165, 1.54) is 0 Å².